The molecule has 0 spiro atoms. The minimum Gasteiger partial charge on any atom is -0.479 e. The van der Waals surface area contributed by atoms with Crippen LogP contribution in [0.3, 0.4) is 0 Å². The Morgan fingerprint density at radius 2 is 1.91 bits per heavy atom. The fourth-order valence-electron chi connectivity index (χ4n) is 4.34. The molecule has 1 N–H and O–H groups in total. The average Bonchev–Trinajstić information content (AvgIpc) is 2.83. The summed E-state index contributed by atoms with van der Waals surface area (Å²) in [5.74, 6) is 1.45. The van der Waals surface area contributed by atoms with Gasteiger partial charge in [-0.25, -0.2) is 4.98 Å². The summed E-state index contributed by atoms with van der Waals surface area (Å²) in [6, 6.07) is 8.77. The second-order valence-electron chi connectivity index (χ2n) is 9.16. The summed E-state index contributed by atoms with van der Waals surface area (Å²) in [4.78, 5) is 46.2. The van der Waals surface area contributed by atoms with Gasteiger partial charge in [0.1, 0.15) is 18.1 Å². The Hall–Kier alpha value is -3.42. The minimum absolute atomic E-state index is 0.00454. The number of aromatic nitrogens is 1. The van der Waals surface area contributed by atoms with Gasteiger partial charge in [-0.3, -0.25) is 19.3 Å². The van der Waals surface area contributed by atoms with Crippen LogP contribution in [0.2, 0.25) is 0 Å². The Kier molecular flexibility index (Phi) is 7.14. The maximum atomic E-state index is 12.8. The average molecular weight is 465 g/mol. The third-order valence-electron chi connectivity index (χ3n) is 6.41. The lowest BCUT2D eigenvalue weighted by Gasteiger charge is -2.33. The topological polar surface area (TPSA) is 91.8 Å². The molecular formula is C26H32N4O4. The van der Waals surface area contributed by atoms with E-state index in [0.29, 0.717) is 29.1 Å². The van der Waals surface area contributed by atoms with E-state index in [4.69, 9.17) is 4.74 Å². The fourth-order valence-corrected chi connectivity index (χ4v) is 4.34. The number of carbonyl (C=O) groups is 3. The van der Waals surface area contributed by atoms with E-state index in [1.165, 1.54) is 4.90 Å². The normalized spacial score (nSPS) is 18.3. The number of ketones is 1. The van der Waals surface area contributed by atoms with Crippen LogP contribution in [0.15, 0.2) is 36.5 Å². The van der Waals surface area contributed by atoms with E-state index in [0.717, 1.165) is 44.1 Å². The molecule has 1 fully saturated rings. The van der Waals surface area contributed by atoms with Gasteiger partial charge in [0.25, 0.3) is 5.91 Å². The lowest BCUT2D eigenvalue weighted by atomic mass is 9.99. The first-order valence-electron chi connectivity index (χ1n) is 12.0. The zero-order chi connectivity index (χ0) is 24.2. The van der Waals surface area contributed by atoms with Crippen molar-refractivity contribution in [2.24, 2.45) is 5.92 Å². The molecule has 4 rings (SSSR count). The van der Waals surface area contributed by atoms with Crippen molar-refractivity contribution in [2.45, 2.75) is 52.6 Å². The standard InChI is InChI=1S/C26H32N4O4/c1-4-5-22(31)19-6-8-23-21(14-19)30(26(33)18(3)34-23)16-25(32)28-20-7-9-24(27-15-20)29-12-10-17(2)11-13-29/h6-9,14-15,17-18H,4-5,10-13,16H2,1-3H3,(H,28,32). The molecule has 1 unspecified atom stereocenters. The first-order chi connectivity index (χ1) is 16.4. The van der Waals surface area contributed by atoms with Crippen LogP contribution in [-0.2, 0) is 9.59 Å². The molecule has 2 aliphatic rings. The predicted molar refractivity (Wildman–Crippen MR) is 132 cm³/mol. The summed E-state index contributed by atoms with van der Waals surface area (Å²) < 4.78 is 5.70. The SMILES string of the molecule is CCCC(=O)c1ccc2c(c1)N(CC(=O)Nc1ccc(N3CCC(C)CC3)nc1)C(=O)C(C)O2. The van der Waals surface area contributed by atoms with Crippen molar-refractivity contribution in [2.75, 3.05) is 34.8 Å². The third kappa shape index (κ3) is 5.21. The Morgan fingerprint density at radius 1 is 1.15 bits per heavy atom. The smallest absolute Gasteiger partial charge is 0.268 e. The molecule has 0 saturated carbocycles. The van der Waals surface area contributed by atoms with Crippen molar-refractivity contribution in [1.82, 2.24) is 4.98 Å². The summed E-state index contributed by atoms with van der Waals surface area (Å²) >= 11 is 0. The number of amides is 2. The highest BCUT2D eigenvalue weighted by atomic mass is 16.5. The van der Waals surface area contributed by atoms with Gasteiger partial charge in [0.15, 0.2) is 11.9 Å². The Bertz CT molecular complexity index is 1060. The number of ether oxygens (including phenoxy) is 1. The number of pyridine rings is 1. The number of nitrogens with zero attached hydrogens (tertiary/aromatic N) is 3. The van der Waals surface area contributed by atoms with Crippen molar-refractivity contribution >= 4 is 34.8 Å². The highest BCUT2D eigenvalue weighted by Crippen LogP contribution is 2.35. The minimum atomic E-state index is -0.717. The first kappa shape index (κ1) is 23.7. The molecule has 2 amide bonds. The zero-order valence-electron chi connectivity index (χ0n) is 20.0. The Balaban J connectivity index is 1.45. The van der Waals surface area contributed by atoms with E-state index in [1.54, 1.807) is 31.3 Å². The van der Waals surface area contributed by atoms with Crippen molar-refractivity contribution < 1.29 is 19.1 Å². The molecule has 8 heteroatoms. The molecule has 1 atom stereocenters. The number of piperidine rings is 1. The largest absolute Gasteiger partial charge is 0.479 e. The second-order valence-corrected chi connectivity index (χ2v) is 9.16. The van der Waals surface area contributed by atoms with Gasteiger partial charge < -0.3 is 15.0 Å². The molecule has 34 heavy (non-hydrogen) atoms. The van der Waals surface area contributed by atoms with Crippen LogP contribution in [0.1, 0.15) is 56.8 Å². The van der Waals surface area contributed by atoms with Gasteiger partial charge in [0.2, 0.25) is 5.91 Å². The van der Waals surface area contributed by atoms with E-state index >= 15 is 0 Å². The molecule has 1 saturated heterocycles. The van der Waals surface area contributed by atoms with E-state index in [-0.39, 0.29) is 24.1 Å². The van der Waals surface area contributed by atoms with Crippen molar-refractivity contribution in [3.8, 4) is 5.75 Å². The van der Waals surface area contributed by atoms with Gasteiger partial charge in [-0.2, -0.15) is 0 Å². The number of benzene rings is 1. The molecule has 1 aromatic carbocycles. The highest BCUT2D eigenvalue weighted by Gasteiger charge is 2.33. The van der Waals surface area contributed by atoms with Gasteiger partial charge in [-0.15, -0.1) is 0 Å². The predicted octanol–water partition coefficient (Wildman–Crippen LogP) is 4.05. The molecule has 0 aliphatic carbocycles. The second kappa shape index (κ2) is 10.2. The summed E-state index contributed by atoms with van der Waals surface area (Å²) in [6.45, 7) is 7.65. The van der Waals surface area contributed by atoms with Crippen LogP contribution in [0, 0.1) is 5.92 Å². The number of hydrogen-bond donors (Lipinski definition) is 1. The van der Waals surface area contributed by atoms with Crippen molar-refractivity contribution in [3.63, 3.8) is 0 Å². The zero-order valence-corrected chi connectivity index (χ0v) is 20.0. The lowest BCUT2D eigenvalue weighted by Crippen LogP contribution is -2.47. The summed E-state index contributed by atoms with van der Waals surface area (Å²) in [7, 11) is 0. The van der Waals surface area contributed by atoms with Crippen molar-refractivity contribution in [3.05, 3.63) is 42.1 Å². The quantitative estimate of drug-likeness (QED) is 0.622. The van der Waals surface area contributed by atoms with E-state index in [1.807, 2.05) is 19.1 Å². The number of Topliss-reactive ketones (excluding diaryl/α,β-unsaturated/α-hetero) is 1. The van der Waals surface area contributed by atoms with Crippen LogP contribution in [0.5, 0.6) is 5.75 Å². The summed E-state index contributed by atoms with van der Waals surface area (Å²) in [6.07, 6.45) is 4.39. The number of nitrogens with one attached hydrogen (secondary N) is 1. The molecule has 3 heterocycles. The molecule has 0 bridgehead atoms. The molecule has 2 aromatic rings. The molecular weight excluding hydrogens is 432 g/mol. The molecule has 0 radical (unpaired) electrons. The maximum Gasteiger partial charge on any atom is 0.268 e. The number of fused-ring (bicyclic) bond motifs is 1. The molecule has 8 nitrogen and oxygen atoms in total. The number of rotatable bonds is 7. The van der Waals surface area contributed by atoms with Gasteiger partial charge in [-0.05, 0) is 62.4 Å². The van der Waals surface area contributed by atoms with Crippen LogP contribution in [0.4, 0.5) is 17.2 Å². The van der Waals surface area contributed by atoms with Crippen LogP contribution >= 0.6 is 0 Å². The van der Waals surface area contributed by atoms with E-state index in [9.17, 15) is 14.4 Å². The van der Waals surface area contributed by atoms with Crippen molar-refractivity contribution in [1.29, 1.82) is 0 Å². The third-order valence-corrected chi connectivity index (χ3v) is 6.41. The van der Waals surface area contributed by atoms with Crippen LogP contribution < -0.4 is 19.9 Å². The Labute approximate surface area is 200 Å². The maximum absolute atomic E-state index is 12.8. The molecule has 1 aromatic heterocycles. The monoisotopic (exact) mass is 464 g/mol. The van der Waals surface area contributed by atoms with E-state index in [2.05, 4.69) is 22.1 Å². The number of hydrogen-bond acceptors (Lipinski definition) is 6. The number of anilines is 3. The van der Waals surface area contributed by atoms with Gasteiger partial charge in [0.05, 0.1) is 17.6 Å². The summed E-state index contributed by atoms with van der Waals surface area (Å²) in [5, 5.41) is 2.83. The number of carbonyl (C=O) groups excluding carboxylic acids is 3. The first-order valence-corrected chi connectivity index (χ1v) is 12.0. The van der Waals surface area contributed by atoms with E-state index < -0.39 is 6.10 Å². The van der Waals surface area contributed by atoms with Gasteiger partial charge in [-0.1, -0.05) is 13.8 Å². The molecule has 180 valence electrons. The highest BCUT2D eigenvalue weighted by molar-refractivity contribution is 6.07. The fraction of sp³-hybridized carbons (Fsp3) is 0.462. The lowest BCUT2D eigenvalue weighted by molar-refractivity contribution is -0.127. The molecule has 2 aliphatic heterocycles. The van der Waals surface area contributed by atoms with Gasteiger partial charge in [0, 0.05) is 25.1 Å². The van der Waals surface area contributed by atoms with Crippen LogP contribution in [-0.4, -0.2) is 48.3 Å². The summed E-state index contributed by atoms with van der Waals surface area (Å²) in [5.41, 5.74) is 1.51. The van der Waals surface area contributed by atoms with Gasteiger partial charge >= 0.3 is 0 Å². The van der Waals surface area contributed by atoms with Crippen LogP contribution in [0.25, 0.3) is 0 Å². The Morgan fingerprint density at radius 3 is 2.59 bits per heavy atom.